The van der Waals surface area contributed by atoms with Crippen molar-refractivity contribution in [3.05, 3.63) is 67.7 Å². The zero-order chi connectivity index (χ0) is 25.3. The summed E-state index contributed by atoms with van der Waals surface area (Å²) < 4.78 is 66.8. The summed E-state index contributed by atoms with van der Waals surface area (Å²) in [6.45, 7) is 2.51. The molecule has 12 nitrogen and oxygen atoms in total. The average Bonchev–Trinajstić information content (AvgIpc) is 2.69. The van der Waals surface area contributed by atoms with Gasteiger partial charge in [-0.25, -0.2) is 26.4 Å². The molecule has 0 radical (unpaired) electrons. The summed E-state index contributed by atoms with van der Waals surface area (Å²) in [6, 6.07) is 3.76. The van der Waals surface area contributed by atoms with Gasteiger partial charge in [-0.2, -0.15) is 4.73 Å². The van der Waals surface area contributed by atoms with Gasteiger partial charge in [-0.1, -0.05) is 0 Å². The van der Waals surface area contributed by atoms with Crippen LogP contribution in [-0.2, 0) is 52.2 Å². The maximum absolute atomic E-state index is 13.2. The molecule has 0 aliphatic carbocycles. The predicted octanol–water partition coefficient (Wildman–Crippen LogP) is 0.170. The number of nitrogens with zero attached hydrogens (tertiary/aromatic N) is 1. The molecular weight excluding hydrogens is 494 g/mol. The molecule has 14 heteroatoms. The van der Waals surface area contributed by atoms with Crippen molar-refractivity contribution >= 4 is 31.6 Å². The Morgan fingerprint density at radius 1 is 0.882 bits per heavy atom. The number of ether oxygens (including phenoxy) is 2. The smallest absolute Gasteiger partial charge is 0.345 e. The van der Waals surface area contributed by atoms with Gasteiger partial charge in [-0.05, 0) is 19.9 Å². The van der Waals surface area contributed by atoms with E-state index >= 15 is 0 Å². The number of carbonyl (C=O) groups is 2. The number of pyridine rings is 1. The molecule has 3 rings (SSSR count). The van der Waals surface area contributed by atoms with Crippen molar-refractivity contribution in [2.75, 3.05) is 13.2 Å². The maximum atomic E-state index is 13.2. The number of rotatable bonds is 4. The van der Waals surface area contributed by atoms with Gasteiger partial charge < -0.3 is 19.1 Å². The molecule has 4 bridgehead atoms. The molecule has 0 spiro atoms. The molecule has 1 aliphatic rings. The molecule has 184 valence electrons. The molecule has 0 amide bonds. The second-order valence-corrected chi connectivity index (χ2v) is 11.5. The lowest BCUT2D eigenvalue weighted by molar-refractivity contribution is -0.620. The predicted molar refractivity (Wildman–Crippen MR) is 115 cm³/mol. The summed E-state index contributed by atoms with van der Waals surface area (Å²) in [7, 11) is -8.43. The highest BCUT2D eigenvalue weighted by atomic mass is 32.2. The van der Waals surface area contributed by atoms with Gasteiger partial charge in [0.15, 0.2) is 19.7 Å². The van der Waals surface area contributed by atoms with Gasteiger partial charge >= 0.3 is 11.9 Å². The van der Waals surface area contributed by atoms with E-state index in [-0.39, 0.29) is 29.3 Å². The minimum Gasteiger partial charge on any atom is -0.618 e. The quantitative estimate of drug-likeness (QED) is 0.308. The van der Waals surface area contributed by atoms with E-state index in [2.05, 4.69) is 0 Å². The van der Waals surface area contributed by atoms with E-state index in [0.717, 1.165) is 0 Å². The van der Waals surface area contributed by atoms with E-state index < -0.39 is 82.7 Å². The van der Waals surface area contributed by atoms with E-state index in [1.807, 2.05) is 0 Å². The standard InChI is InChI=1S/C20H21NO11S2/c1-3-30-19(23)16-14-10-33(26,27)8-12-6-5-7-13(21(12)25)9-34(28,29)11-15(32-14)17(18(16)22)20(24)31-4-2/h5-7H,3-4,8-11H2,1-2H3. The molecule has 0 atom stereocenters. The lowest BCUT2D eigenvalue weighted by atomic mass is 10.1. The van der Waals surface area contributed by atoms with Gasteiger partial charge in [-0.15, -0.1) is 0 Å². The lowest BCUT2D eigenvalue weighted by Gasteiger charge is -2.16. The van der Waals surface area contributed by atoms with Gasteiger partial charge in [0.2, 0.25) is 16.8 Å². The molecule has 3 heterocycles. The SMILES string of the molecule is CCOC(=O)c1c2oc(c(C(=O)OCC)c1=O)CS(=O)(=O)Cc1cccc([n+]1[O-])CS(=O)(=O)C2. The molecule has 2 aromatic rings. The minimum atomic E-state index is -4.21. The highest BCUT2D eigenvalue weighted by Crippen LogP contribution is 2.23. The van der Waals surface area contributed by atoms with Gasteiger partial charge in [0, 0.05) is 12.1 Å². The summed E-state index contributed by atoms with van der Waals surface area (Å²) in [5.74, 6) is -7.62. The second kappa shape index (κ2) is 9.54. The first kappa shape index (κ1) is 25.4. The molecule has 0 saturated heterocycles. The Kier molecular flexibility index (Phi) is 7.12. The van der Waals surface area contributed by atoms with Crippen LogP contribution >= 0.6 is 0 Å². The Balaban J connectivity index is 2.36. The van der Waals surface area contributed by atoms with E-state index in [1.54, 1.807) is 0 Å². The van der Waals surface area contributed by atoms with Crippen molar-refractivity contribution in [3.8, 4) is 0 Å². The highest BCUT2D eigenvalue weighted by Gasteiger charge is 2.35. The van der Waals surface area contributed by atoms with Gasteiger partial charge in [-0.3, -0.25) is 4.79 Å². The molecule has 34 heavy (non-hydrogen) atoms. The lowest BCUT2D eigenvalue weighted by Crippen LogP contribution is -2.39. The largest absolute Gasteiger partial charge is 0.618 e. The number of sulfone groups is 2. The number of carbonyl (C=O) groups excluding carboxylic acids is 2. The Hall–Kier alpha value is -3.26. The Morgan fingerprint density at radius 3 is 1.68 bits per heavy atom. The molecule has 0 saturated carbocycles. The molecule has 0 N–H and O–H groups in total. The number of esters is 2. The number of hydrogen-bond donors (Lipinski definition) is 0. The number of aromatic nitrogens is 1. The van der Waals surface area contributed by atoms with Crippen LogP contribution in [0.15, 0.2) is 27.4 Å². The first-order valence-electron chi connectivity index (χ1n) is 10.0. The van der Waals surface area contributed by atoms with Crippen LogP contribution in [0.5, 0.6) is 0 Å². The molecule has 0 fully saturated rings. The summed E-state index contributed by atoms with van der Waals surface area (Å²) in [6.07, 6.45) is 0. The van der Waals surface area contributed by atoms with Crippen LogP contribution in [0.4, 0.5) is 0 Å². The Bertz CT molecular complexity index is 1320. The van der Waals surface area contributed by atoms with E-state index in [4.69, 9.17) is 13.9 Å². The van der Waals surface area contributed by atoms with Gasteiger partial charge in [0.05, 0.1) is 13.2 Å². The van der Waals surface area contributed by atoms with Crippen LogP contribution in [0.3, 0.4) is 0 Å². The molecular formula is C20H21NO11S2. The van der Waals surface area contributed by atoms with Crippen molar-refractivity contribution in [2.24, 2.45) is 0 Å². The summed E-state index contributed by atoms with van der Waals surface area (Å²) >= 11 is 0. The fourth-order valence-electron chi connectivity index (χ4n) is 3.41. The third-order valence-corrected chi connectivity index (χ3v) is 7.63. The van der Waals surface area contributed by atoms with E-state index in [0.29, 0.717) is 0 Å². The fraction of sp³-hybridized carbons (Fsp3) is 0.400. The molecule has 0 aromatic carbocycles. The highest BCUT2D eigenvalue weighted by molar-refractivity contribution is 7.90. The zero-order valence-electron chi connectivity index (χ0n) is 18.2. The molecule has 0 unspecified atom stereocenters. The summed E-state index contributed by atoms with van der Waals surface area (Å²) in [4.78, 5) is 38.2. The zero-order valence-corrected chi connectivity index (χ0v) is 19.9. The van der Waals surface area contributed by atoms with Crippen LogP contribution in [0, 0.1) is 5.21 Å². The summed E-state index contributed by atoms with van der Waals surface area (Å²) in [5, 5.41) is 12.6. The monoisotopic (exact) mass is 515 g/mol. The van der Waals surface area contributed by atoms with E-state index in [1.165, 1.54) is 32.0 Å². The average molecular weight is 516 g/mol. The normalized spacial score (nSPS) is 16.5. The van der Waals surface area contributed by atoms with Crippen LogP contribution in [0.25, 0.3) is 0 Å². The third-order valence-electron chi connectivity index (χ3n) is 4.75. The molecule has 2 aromatic heterocycles. The topological polar surface area (TPSA) is 178 Å². The van der Waals surface area contributed by atoms with Crippen molar-refractivity contribution in [2.45, 2.75) is 36.9 Å². The first-order valence-corrected chi connectivity index (χ1v) is 13.7. The first-order chi connectivity index (χ1) is 15.9. The third kappa shape index (κ3) is 5.28. The van der Waals surface area contributed by atoms with Crippen molar-refractivity contribution < 1.29 is 45.0 Å². The van der Waals surface area contributed by atoms with Gasteiger partial charge in [0.25, 0.3) is 0 Å². The van der Waals surface area contributed by atoms with Crippen molar-refractivity contribution in [3.63, 3.8) is 0 Å². The number of hydrogen-bond acceptors (Lipinski definition) is 11. The van der Waals surface area contributed by atoms with Crippen molar-refractivity contribution in [1.29, 1.82) is 0 Å². The van der Waals surface area contributed by atoms with Crippen molar-refractivity contribution in [1.82, 2.24) is 0 Å². The van der Waals surface area contributed by atoms with Crippen LogP contribution in [0.1, 0.15) is 57.5 Å². The van der Waals surface area contributed by atoms with Crippen LogP contribution < -0.4 is 10.2 Å². The summed E-state index contributed by atoms with van der Waals surface area (Å²) in [5.41, 5.74) is -3.51. The van der Waals surface area contributed by atoms with Gasteiger partial charge in [0.1, 0.15) is 45.7 Å². The maximum Gasteiger partial charge on any atom is 0.345 e. The van der Waals surface area contributed by atoms with E-state index in [9.17, 15) is 36.4 Å². The second-order valence-electron chi connectivity index (χ2n) is 7.34. The Labute approximate surface area is 194 Å². The van der Waals surface area contributed by atoms with Crippen LogP contribution in [-0.4, -0.2) is 42.0 Å². The fourth-order valence-corrected chi connectivity index (χ4v) is 6.15. The number of fused-ring (bicyclic) bond motifs is 4. The van der Waals surface area contributed by atoms with Crippen LogP contribution in [0.2, 0.25) is 0 Å². The molecule has 1 aliphatic heterocycles. The Morgan fingerprint density at radius 2 is 1.29 bits per heavy atom. The minimum absolute atomic E-state index is 0.182.